The second-order valence-corrected chi connectivity index (χ2v) is 4.72. The number of halogens is 2. The van der Waals surface area contributed by atoms with E-state index in [4.69, 9.17) is 5.73 Å². The normalized spacial score (nSPS) is 13.4. The number of carbonyl (C=O) groups is 1. The first kappa shape index (κ1) is 12.6. The van der Waals surface area contributed by atoms with Crippen LogP contribution in [-0.4, -0.2) is 12.5 Å². The zero-order valence-corrected chi connectivity index (χ0v) is 10.6. The summed E-state index contributed by atoms with van der Waals surface area (Å²) in [6.45, 7) is 0.418. The van der Waals surface area contributed by atoms with Gasteiger partial charge in [-0.1, -0.05) is 6.07 Å². The van der Waals surface area contributed by atoms with E-state index in [9.17, 15) is 13.6 Å². The van der Waals surface area contributed by atoms with Gasteiger partial charge in [0.2, 0.25) is 0 Å². The Morgan fingerprint density at radius 3 is 2.70 bits per heavy atom. The van der Waals surface area contributed by atoms with Crippen LogP contribution in [-0.2, 0) is 6.42 Å². The van der Waals surface area contributed by atoms with Gasteiger partial charge in [0.15, 0.2) is 0 Å². The van der Waals surface area contributed by atoms with E-state index < -0.39 is 17.5 Å². The van der Waals surface area contributed by atoms with E-state index in [1.807, 2.05) is 0 Å². The van der Waals surface area contributed by atoms with E-state index in [-0.39, 0.29) is 11.3 Å². The average molecular weight is 274 g/mol. The molecule has 102 valence electrons. The van der Waals surface area contributed by atoms with E-state index in [0.717, 1.165) is 11.6 Å². The summed E-state index contributed by atoms with van der Waals surface area (Å²) in [6.07, 6.45) is 0.637. The highest BCUT2D eigenvalue weighted by Crippen LogP contribution is 2.30. The molecule has 0 aromatic heterocycles. The second-order valence-electron chi connectivity index (χ2n) is 4.72. The van der Waals surface area contributed by atoms with Crippen LogP contribution in [0.15, 0.2) is 36.4 Å². The number of benzene rings is 2. The van der Waals surface area contributed by atoms with Gasteiger partial charge in [-0.2, -0.15) is 0 Å². The Morgan fingerprint density at radius 2 is 1.95 bits per heavy atom. The number of amides is 1. The van der Waals surface area contributed by atoms with Gasteiger partial charge < -0.3 is 10.6 Å². The van der Waals surface area contributed by atoms with Crippen molar-refractivity contribution in [2.45, 2.75) is 6.42 Å². The largest absolute Gasteiger partial charge is 0.399 e. The van der Waals surface area contributed by atoms with Crippen LogP contribution in [0.25, 0.3) is 0 Å². The highest BCUT2D eigenvalue weighted by molar-refractivity contribution is 6.07. The summed E-state index contributed by atoms with van der Waals surface area (Å²) in [5.74, 6) is -1.56. The Morgan fingerprint density at radius 1 is 1.15 bits per heavy atom. The molecule has 0 spiro atoms. The Balaban J connectivity index is 1.99. The molecule has 2 aromatic carbocycles. The van der Waals surface area contributed by atoms with Crippen molar-refractivity contribution in [2.24, 2.45) is 0 Å². The number of carbonyl (C=O) groups excluding carboxylic acids is 1. The minimum absolute atomic E-state index is 0.0590. The molecule has 2 aromatic rings. The van der Waals surface area contributed by atoms with Crippen LogP contribution in [0.1, 0.15) is 15.9 Å². The Kier molecular flexibility index (Phi) is 2.89. The maximum Gasteiger partial charge on any atom is 0.261 e. The zero-order valence-electron chi connectivity index (χ0n) is 10.6. The van der Waals surface area contributed by atoms with Crippen LogP contribution in [0.4, 0.5) is 20.2 Å². The van der Waals surface area contributed by atoms with Gasteiger partial charge in [0, 0.05) is 12.2 Å². The first-order valence-electron chi connectivity index (χ1n) is 6.21. The van der Waals surface area contributed by atoms with Gasteiger partial charge in [-0.15, -0.1) is 0 Å². The molecule has 3 nitrogen and oxygen atoms in total. The smallest absolute Gasteiger partial charge is 0.261 e. The van der Waals surface area contributed by atoms with Gasteiger partial charge in [-0.25, -0.2) is 8.78 Å². The van der Waals surface area contributed by atoms with Crippen LogP contribution in [0, 0.1) is 11.6 Å². The van der Waals surface area contributed by atoms with Crippen molar-refractivity contribution >= 4 is 17.3 Å². The molecular weight excluding hydrogens is 262 g/mol. The molecule has 0 bridgehead atoms. The van der Waals surface area contributed by atoms with Crippen LogP contribution in [0.5, 0.6) is 0 Å². The lowest BCUT2D eigenvalue weighted by molar-refractivity contribution is 0.0985. The molecule has 0 aliphatic carbocycles. The lowest BCUT2D eigenvalue weighted by atomic mass is 10.1. The van der Waals surface area contributed by atoms with Gasteiger partial charge in [0.1, 0.15) is 11.6 Å². The van der Waals surface area contributed by atoms with Gasteiger partial charge in [0.05, 0.1) is 11.3 Å². The number of fused-ring (bicyclic) bond motifs is 1. The Labute approximate surface area is 114 Å². The van der Waals surface area contributed by atoms with Crippen molar-refractivity contribution in [3.63, 3.8) is 0 Å². The van der Waals surface area contributed by atoms with Crippen molar-refractivity contribution in [1.29, 1.82) is 0 Å². The van der Waals surface area contributed by atoms with Crippen LogP contribution >= 0.6 is 0 Å². The summed E-state index contributed by atoms with van der Waals surface area (Å²) in [5.41, 5.74) is 7.05. The molecule has 1 amide bonds. The summed E-state index contributed by atoms with van der Waals surface area (Å²) in [6, 6.07) is 8.24. The quantitative estimate of drug-likeness (QED) is 0.813. The summed E-state index contributed by atoms with van der Waals surface area (Å²) >= 11 is 0. The van der Waals surface area contributed by atoms with E-state index >= 15 is 0 Å². The fourth-order valence-corrected chi connectivity index (χ4v) is 2.41. The highest BCUT2D eigenvalue weighted by Gasteiger charge is 2.27. The summed E-state index contributed by atoms with van der Waals surface area (Å²) < 4.78 is 27.1. The van der Waals surface area contributed by atoms with Crippen molar-refractivity contribution in [3.05, 3.63) is 59.2 Å². The first-order chi connectivity index (χ1) is 9.56. The minimum atomic E-state index is -0.667. The predicted molar refractivity (Wildman–Crippen MR) is 72.6 cm³/mol. The number of nitrogens with zero attached hydrogens (tertiary/aromatic N) is 1. The molecule has 20 heavy (non-hydrogen) atoms. The number of hydrogen-bond acceptors (Lipinski definition) is 2. The zero-order chi connectivity index (χ0) is 14.3. The molecule has 1 aliphatic rings. The molecule has 0 unspecified atom stereocenters. The average Bonchev–Trinajstić information content (AvgIpc) is 2.81. The molecule has 0 saturated carbocycles. The van der Waals surface area contributed by atoms with Gasteiger partial charge in [-0.3, -0.25) is 4.79 Å². The molecule has 0 saturated heterocycles. The molecule has 1 heterocycles. The van der Waals surface area contributed by atoms with E-state index in [2.05, 4.69) is 0 Å². The van der Waals surface area contributed by atoms with Crippen molar-refractivity contribution in [2.75, 3.05) is 17.2 Å². The molecule has 0 atom stereocenters. The summed E-state index contributed by atoms with van der Waals surface area (Å²) in [7, 11) is 0. The van der Waals surface area contributed by atoms with E-state index in [1.54, 1.807) is 6.07 Å². The lowest BCUT2D eigenvalue weighted by Crippen LogP contribution is -2.29. The lowest BCUT2D eigenvalue weighted by Gasteiger charge is -2.18. The Hall–Kier alpha value is -2.43. The number of nitrogens with two attached hydrogens (primary N) is 1. The fourth-order valence-electron chi connectivity index (χ4n) is 2.41. The van der Waals surface area contributed by atoms with Crippen LogP contribution in [0.2, 0.25) is 0 Å². The standard InChI is InChI=1S/C15H12F2N2O/c16-10-2-1-9-5-6-19(14(9)7-10)15(20)12-4-3-11(18)8-13(12)17/h1-4,7-8H,5-6,18H2. The Bertz CT molecular complexity index is 700. The molecule has 5 heteroatoms. The topological polar surface area (TPSA) is 46.3 Å². The third-order valence-electron chi connectivity index (χ3n) is 3.41. The third-order valence-corrected chi connectivity index (χ3v) is 3.41. The molecule has 2 N–H and O–H groups in total. The summed E-state index contributed by atoms with van der Waals surface area (Å²) in [5, 5.41) is 0. The van der Waals surface area contributed by atoms with Gasteiger partial charge >= 0.3 is 0 Å². The number of anilines is 2. The maximum absolute atomic E-state index is 13.8. The predicted octanol–water partition coefficient (Wildman–Crippen LogP) is 2.75. The summed E-state index contributed by atoms with van der Waals surface area (Å²) in [4.78, 5) is 13.8. The van der Waals surface area contributed by atoms with Crippen LogP contribution < -0.4 is 10.6 Å². The number of nitrogen functional groups attached to an aromatic ring is 1. The fraction of sp³-hybridized carbons (Fsp3) is 0.133. The van der Waals surface area contributed by atoms with Gasteiger partial charge in [-0.05, 0) is 42.3 Å². The minimum Gasteiger partial charge on any atom is -0.399 e. The van der Waals surface area contributed by atoms with Crippen molar-refractivity contribution < 1.29 is 13.6 Å². The molecule has 1 aliphatic heterocycles. The monoisotopic (exact) mass is 274 g/mol. The van der Waals surface area contributed by atoms with Crippen LogP contribution in [0.3, 0.4) is 0 Å². The third kappa shape index (κ3) is 2.01. The maximum atomic E-state index is 13.8. The molecule has 0 radical (unpaired) electrons. The van der Waals surface area contributed by atoms with Crippen molar-refractivity contribution in [1.82, 2.24) is 0 Å². The van der Waals surface area contributed by atoms with Crippen molar-refractivity contribution in [3.8, 4) is 0 Å². The number of hydrogen-bond donors (Lipinski definition) is 1. The highest BCUT2D eigenvalue weighted by atomic mass is 19.1. The number of rotatable bonds is 1. The van der Waals surface area contributed by atoms with Gasteiger partial charge in [0.25, 0.3) is 5.91 Å². The first-order valence-corrected chi connectivity index (χ1v) is 6.21. The SMILES string of the molecule is Nc1ccc(C(=O)N2CCc3ccc(F)cc32)c(F)c1. The molecule has 0 fully saturated rings. The molecule has 3 rings (SSSR count). The van der Waals surface area contributed by atoms with E-state index in [0.29, 0.717) is 18.7 Å². The van der Waals surface area contributed by atoms with E-state index in [1.165, 1.54) is 29.2 Å². The molecular formula is C15H12F2N2O. The second kappa shape index (κ2) is 4.59.